The van der Waals surface area contributed by atoms with Crippen molar-refractivity contribution in [3.63, 3.8) is 0 Å². The predicted octanol–water partition coefficient (Wildman–Crippen LogP) is 1.79. The van der Waals surface area contributed by atoms with Crippen LogP contribution in [0.25, 0.3) is 0 Å². The summed E-state index contributed by atoms with van der Waals surface area (Å²) >= 11 is 5.43. The first-order valence-corrected chi connectivity index (χ1v) is 5.44. The molecule has 0 radical (unpaired) electrons. The number of carbonyl (C=O) groups is 1. The van der Waals surface area contributed by atoms with Gasteiger partial charge in [0.1, 0.15) is 0 Å². The van der Waals surface area contributed by atoms with Crippen molar-refractivity contribution in [2.45, 2.75) is 27.2 Å². The van der Waals surface area contributed by atoms with E-state index in [0.717, 1.165) is 6.42 Å². The number of ether oxygens (including phenoxy) is 1. The summed E-state index contributed by atoms with van der Waals surface area (Å²) in [4.78, 5) is 11.4. The molecule has 0 aromatic heterocycles. The van der Waals surface area contributed by atoms with Crippen LogP contribution in [0, 0.1) is 5.41 Å². The minimum Gasteiger partial charge on any atom is -0.380 e. The molecular weight excluding hydrogens is 202 g/mol. The Bertz CT molecular complexity index is 166. The van der Waals surface area contributed by atoms with Crippen molar-refractivity contribution < 1.29 is 9.53 Å². The average Bonchev–Trinajstić information content (AvgIpc) is 2.09. The van der Waals surface area contributed by atoms with Gasteiger partial charge in [-0.25, -0.2) is 0 Å². The summed E-state index contributed by atoms with van der Waals surface area (Å²) in [5, 5.41) is 2.85. The zero-order valence-corrected chi connectivity index (χ0v) is 9.99. The third kappa shape index (κ3) is 7.15. The van der Waals surface area contributed by atoms with E-state index in [2.05, 4.69) is 5.32 Å². The maximum Gasteiger partial charge on any atom is 0.225 e. The molecule has 0 aromatic carbocycles. The Hall–Kier alpha value is -0.280. The molecule has 0 rings (SSSR count). The van der Waals surface area contributed by atoms with Crippen LogP contribution in [0.2, 0.25) is 0 Å². The molecule has 0 fully saturated rings. The van der Waals surface area contributed by atoms with Crippen LogP contribution in [0.3, 0.4) is 0 Å². The SMILES string of the molecule is CC(C)(C)C(=O)NCCCOCCCl. The Kier molecular flexibility index (Phi) is 6.93. The van der Waals surface area contributed by atoms with Crippen LogP contribution in [0.4, 0.5) is 0 Å². The van der Waals surface area contributed by atoms with Gasteiger partial charge in [-0.2, -0.15) is 0 Å². The van der Waals surface area contributed by atoms with Gasteiger partial charge in [-0.05, 0) is 6.42 Å². The van der Waals surface area contributed by atoms with Gasteiger partial charge in [-0.3, -0.25) is 4.79 Å². The fourth-order valence-electron chi connectivity index (χ4n) is 0.798. The molecule has 0 heterocycles. The summed E-state index contributed by atoms with van der Waals surface area (Å²) in [6.07, 6.45) is 0.832. The molecule has 0 unspecified atom stereocenters. The van der Waals surface area contributed by atoms with E-state index in [4.69, 9.17) is 16.3 Å². The van der Waals surface area contributed by atoms with Gasteiger partial charge in [0, 0.05) is 24.4 Å². The van der Waals surface area contributed by atoms with E-state index < -0.39 is 0 Å². The first kappa shape index (κ1) is 13.7. The minimum atomic E-state index is -0.309. The van der Waals surface area contributed by atoms with E-state index in [-0.39, 0.29) is 11.3 Å². The Morgan fingerprint density at radius 2 is 2.00 bits per heavy atom. The first-order chi connectivity index (χ1) is 6.48. The number of halogens is 1. The lowest BCUT2D eigenvalue weighted by atomic mass is 9.96. The van der Waals surface area contributed by atoms with Gasteiger partial charge in [0.25, 0.3) is 0 Å². The van der Waals surface area contributed by atoms with E-state index in [1.165, 1.54) is 0 Å². The number of hydrogen-bond acceptors (Lipinski definition) is 2. The van der Waals surface area contributed by atoms with Crippen LogP contribution in [0.5, 0.6) is 0 Å². The maximum atomic E-state index is 11.4. The van der Waals surface area contributed by atoms with Crippen molar-refractivity contribution in [1.82, 2.24) is 5.32 Å². The molecule has 0 saturated carbocycles. The van der Waals surface area contributed by atoms with Crippen molar-refractivity contribution in [2.75, 3.05) is 25.6 Å². The summed E-state index contributed by atoms with van der Waals surface area (Å²) in [6, 6.07) is 0. The van der Waals surface area contributed by atoms with Crippen molar-refractivity contribution in [3.05, 3.63) is 0 Å². The zero-order chi connectivity index (χ0) is 11.0. The Balaban J connectivity index is 3.33. The number of alkyl halides is 1. The summed E-state index contributed by atoms with van der Waals surface area (Å²) in [5.74, 6) is 0.601. The smallest absolute Gasteiger partial charge is 0.225 e. The van der Waals surface area contributed by atoms with Crippen LogP contribution in [-0.2, 0) is 9.53 Å². The second-order valence-corrected chi connectivity index (χ2v) is 4.54. The molecule has 3 nitrogen and oxygen atoms in total. The summed E-state index contributed by atoms with van der Waals surface area (Å²) in [7, 11) is 0. The van der Waals surface area contributed by atoms with Gasteiger partial charge in [-0.15, -0.1) is 11.6 Å². The van der Waals surface area contributed by atoms with Crippen molar-refractivity contribution >= 4 is 17.5 Å². The van der Waals surface area contributed by atoms with Gasteiger partial charge in [-0.1, -0.05) is 20.8 Å². The monoisotopic (exact) mass is 221 g/mol. The van der Waals surface area contributed by atoms with Crippen LogP contribution in [-0.4, -0.2) is 31.5 Å². The largest absolute Gasteiger partial charge is 0.380 e. The van der Waals surface area contributed by atoms with Gasteiger partial charge < -0.3 is 10.1 Å². The topological polar surface area (TPSA) is 38.3 Å². The Morgan fingerprint density at radius 3 is 2.50 bits per heavy atom. The van der Waals surface area contributed by atoms with Gasteiger partial charge in [0.2, 0.25) is 5.91 Å². The van der Waals surface area contributed by atoms with Crippen LogP contribution in [0.15, 0.2) is 0 Å². The third-order valence-electron chi connectivity index (χ3n) is 1.65. The number of nitrogens with one attached hydrogen (secondary N) is 1. The van der Waals surface area contributed by atoms with Crippen LogP contribution >= 0.6 is 11.6 Å². The number of hydrogen-bond donors (Lipinski definition) is 1. The van der Waals surface area contributed by atoms with Crippen LogP contribution in [0.1, 0.15) is 27.2 Å². The Labute approximate surface area is 91.2 Å². The fourth-order valence-corrected chi connectivity index (χ4v) is 0.907. The second kappa shape index (κ2) is 7.07. The molecule has 1 amide bonds. The highest BCUT2D eigenvalue weighted by atomic mass is 35.5. The fraction of sp³-hybridized carbons (Fsp3) is 0.900. The summed E-state index contributed by atoms with van der Waals surface area (Å²) in [6.45, 7) is 7.58. The molecule has 0 aliphatic carbocycles. The highest BCUT2D eigenvalue weighted by molar-refractivity contribution is 6.17. The maximum absolute atomic E-state index is 11.4. The molecule has 4 heteroatoms. The molecular formula is C10H20ClNO2. The number of rotatable bonds is 6. The van der Waals surface area contributed by atoms with E-state index in [1.807, 2.05) is 20.8 Å². The highest BCUT2D eigenvalue weighted by Crippen LogP contribution is 2.11. The summed E-state index contributed by atoms with van der Waals surface area (Å²) in [5.41, 5.74) is -0.309. The molecule has 0 aromatic rings. The van der Waals surface area contributed by atoms with Crippen molar-refractivity contribution in [1.29, 1.82) is 0 Å². The Morgan fingerprint density at radius 1 is 1.36 bits per heavy atom. The van der Waals surface area contributed by atoms with Gasteiger partial charge in [0.05, 0.1) is 6.61 Å². The molecule has 0 saturated heterocycles. The molecule has 0 atom stereocenters. The van der Waals surface area contributed by atoms with Gasteiger partial charge in [0.15, 0.2) is 0 Å². The number of carbonyl (C=O) groups excluding carboxylic acids is 1. The molecule has 0 spiro atoms. The third-order valence-corrected chi connectivity index (χ3v) is 1.81. The molecule has 84 valence electrons. The lowest BCUT2D eigenvalue weighted by Crippen LogP contribution is -2.35. The summed E-state index contributed by atoms with van der Waals surface area (Å²) < 4.78 is 5.17. The lowest BCUT2D eigenvalue weighted by Gasteiger charge is -2.17. The van der Waals surface area contributed by atoms with E-state index in [1.54, 1.807) is 0 Å². The lowest BCUT2D eigenvalue weighted by molar-refractivity contribution is -0.128. The predicted molar refractivity (Wildman–Crippen MR) is 58.6 cm³/mol. The second-order valence-electron chi connectivity index (χ2n) is 4.16. The van der Waals surface area contributed by atoms with E-state index >= 15 is 0 Å². The normalized spacial score (nSPS) is 11.4. The minimum absolute atomic E-state index is 0.0786. The first-order valence-electron chi connectivity index (χ1n) is 4.90. The van der Waals surface area contributed by atoms with Crippen LogP contribution < -0.4 is 5.32 Å². The van der Waals surface area contributed by atoms with Crippen molar-refractivity contribution in [2.24, 2.45) is 5.41 Å². The van der Waals surface area contributed by atoms with E-state index in [0.29, 0.717) is 25.6 Å². The number of amides is 1. The quantitative estimate of drug-likeness (QED) is 0.549. The molecule has 14 heavy (non-hydrogen) atoms. The highest BCUT2D eigenvalue weighted by Gasteiger charge is 2.19. The van der Waals surface area contributed by atoms with E-state index in [9.17, 15) is 4.79 Å². The molecule has 0 aliphatic rings. The molecule has 0 aliphatic heterocycles. The standard InChI is InChI=1S/C10H20ClNO2/c1-10(2,3)9(13)12-6-4-7-14-8-5-11/h4-8H2,1-3H3,(H,12,13). The van der Waals surface area contributed by atoms with Gasteiger partial charge >= 0.3 is 0 Å². The van der Waals surface area contributed by atoms with Crippen molar-refractivity contribution in [3.8, 4) is 0 Å². The molecule has 0 bridgehead atoms. The average molecular weight is 222 g/mol. The molecule has 1 N–H and O–H groups in total. The zero-order valence-electron chi connectivity index (χ0n) is 9.23.